The van der Waals surface area contributed by atoms with Gasteiger partial charge in [0.05, 0.1) is 7.11 Å². The molecule has 0 amide bonds. The molecule has 0 saturated carbocycles. The third-order valence-electron chi connectivity index (χ3n) is 3.48. The van der Waals surface area contributed by atoms with Crippen LogP contribution in [0.15, 0.2) is 75.9 Å². The number of methoxy groups -OCH3 is 1. The highest BCUT2D eigenvalue weighted by Crippen LogP contribution is 2.34. The maximum absolute atomic E-state index is 12.1. The molecule has 1 heterocycles. The van der Waals surface area contributed by atoms with E-state index >= 15 is 0 Å². The molecule has 0 unspecified atom stereocenters. The van der Waals surface area contributed by atoms with Crippen molar-refractivity contribution in [3.05, 3.63) is 82.9 Å². The molecule has 4 heteroatoms. The minimum absolute atomic E-state index is 0.0925. The quantitative estimate of drug-likeness (QED) is 0.691. The molecule has 0 N–H and O–H groups in total. The van der Waals surface area contributed by atoms with Crippen LogP contribution in [0, 0.1) is 0 Å². The van der Waals surface area contributed by atoms with Gasteiger partial charge in [-0.1, -0.05) is 60.7 Å². The lowest BCUT2D eigenvalue weighted by Gasteiger charge is -2.12. The lowest BCUT2D eigenvalue weighted by molar-refractivity contribution is 0.0561. The zero-order valence-corrected chi connectivity index (χ0v) is 12.5. The molecule has 0 radical (unpaired) electrons. The van der Waals surface area contributed by atoms with Gasteiger partial charge in [0.1, 0.15) is 0 Å². The number of hydrogen-bond acceptors (Lipinski definition) is 4. The number of hydrogen-bond donors (Lipinski definition) is 0. The van der Waals surface area contributed by atoms with E-state index in [2.05, 4.69) is 0 Å². The summed E-state index contributed by atoms with van der Waals surface area (Å²) in [6.07, 6.45) is 0. The number of carbonyl (C=O) groups is 1. The van der Waals surface area contributed by atoms with Crippen LogP contribution in [-0.2, 0) is 4.74 Å². The Morgan fingerprint density at radius 3 is 2.04 bits per heavy atom. The molecule has 0 atom stereocenters. The fourth-order valence-electron chi connectivity index (χ4n) is 2.47. The maximum atomic E-state index is 12.1. The van der Waals surface area contributed by atoms with Gasteiger partial charge in [0.2, 0.25) is 5.76 Å². The molecule has 114 valence electrons. The minimum Gasteiger partial charge on any atom is -0.463 e. The van der Waals surface area contributed by atoms with Crippen LogP contribution >= 0.6 is 0 Å². The molecule has 3 aromatic rings. The summed E-state index contributed by atoms with van der Waals surface area (Å²) < 4.78 is 9.92. The Morgan fingerprint density at radius 1 is 0.913 bits per heavy atom. The summed E-state index contributed by atoms with van der Waals surface area (Å²) in [5.74, 6) is -0.774. The van der Waals surface area contributed by atoms with Gasteiger partial charge in [0, 0.05) is 17.2 Å². The number of esters is 1. The van der Waals surface area contributed by atoms with E-state index in [0.717, 1.165) is 11.1 Å². The zero-order chi connectivity index (χ0) is 16.2. The van der Waals surface area contributed by atoms with Crippen molar-refractivity contribution < 1.29 is 13.9 Å². The minimum atomic E-state index is -0.682. The summed E-state index contributed by atoms with van der Waals surface area (Å²) in [6, 6.07) is 20.1. The van der Waals surface area contributed by atoms with Crippen LogP contribution in [-0.4, -0.2) is 13.1 Å². The summed E-state index contributed by atoms with van der Waals surface area (Å²) in [4.78, 5) is 24.0. The Kier molecular flexibility index (Phi) is 4.06. The first-order valence-electron chi connectivity index (χ1n) is 7.08. The second-order valence-corrected chi connectivity index (χ2v) is 4.91. The van der Waals surface area contributed by atoms with Crippen molar-refractivity contribution in [1.82, 2.24) is 0 Å². The average Bonchev–Trinajstić information content (AvgIpc) is 2.61. The Bertz CT molecular complexity index is 880. The smallest absolute Gasteiger partial charge is 0.374 e. The van der Waals surface area contributed by atoms with Gasteiger partial charge >= 0.3 is 11.6 Å². The summed E-state index contributed by atoms with van der Waals surface area (Å²) in [7, 11) is 1.26. The third-order valence-corrected chi connectivity index (χ3v) is 3.48. The Morgan fingerprint density at radius 2 is 1.48 bits per heavy atom. The monoisotopic (exact) mass is 306 g/mol. The molecule has 3 rings (SSSR count). The summed E-state index contributed by atoms with van der Waals surface area (Å²) in [6.45, 7) is 0. The Balaban J connectivity index is 2.37. The summed E-state index contributed by atoms with van der Waals surface area (Å²) in [5, 5.41) is 0. The van der Waals surface area contributed by atoms with E-state index in [1.807, 2.05) is 60.7 Å². The highest BCUT2D eigenvalue weighted by Gasteiger charge is 2.22. The van der Waals surface area contributed by atoms with Gasteiger partial charge in [-0.3, -0.25) is 0 Å². The van der Waals surface area contributed by atoms with Crippen LogP contribution in [0.1, 0.15) is 10.6 Å². The standard InChI is InChI=1S/C19H14O4/c1-22-19(21)18-17(14-10-6-3-7-11-14)15(12-16(20)23-18)13-8-4-2-5-9-13/h2-12H,1H3. The number of benzene rings is 2. The van der Waals surface area contributed by atoms with Crippen molar-refractivity contribution in [2.45, 2.75) is 0 Å². The van der Waals surface area contributed by atoms with Crippen molar-refractivity contribution in [2.24, 2.45) is 0 Å². The molecule has 0 aliphatic heterocycles. The number of ether oxygens (including phenoxy) is 1. The predicted octanol–water partition coefficient (Wildman–Crippen LogP) is 3.76. The molecule has 0 saturated heterocycles. The average molecular weight is 306 g/mol. The molecule has 4 nitrogen and oxygen atoms in total. The molecular weight excluding hydrogens is 292 g/mol. The van der Waals surface area contributed by atoms with E-state index in [4.69, 9.17) is 9.15 Å². The van der Waals surface area contributed by atoms with Gasteiger partial charge in [0.15, 0.2) is 0 Å². The fraction of sp³-hybridized carbons (Fsp3) is 0.0526. The molecule has 0 bridgehead atoms. The van der Waals surface area contributed by atoms with E-state index in [1.54, 1.807) is 0 Å². The number of rotatable bonds is 3. The molecule has 0 fully saturated rings. The SMILES string of the molecule is COC(=O)c1oc(=O)cc(-c2ccccc2)c1-c1ccccc1. The van der Waals surface area contributed by atoms with Crippen LogP contribution in [0.3, 0.4) is 0 Å². The predicted molar refractivity (Wildman–Crippen MR) is 87.2 cm³/mol. The van der Waals surface area contributed by atoms with Crippen molar-refractivity contribution in [1.29, 1.82) is 0 Å². The topological polar surface area (TPSA) is 56.5 Å². The Labute approximate surface area is 133 Å². The maximum Gasteiger partial charge on any atom is 0.374 e. The van der Waals surface area contributed by atoms with E-state index < -0.39 is 11.6 Å². The molecule has 0 aliphatic rings. The van der Waals surface area contributed by atoms with Gasteiger partial charge in [0.25, 0.3) is 0 Å². The van der Waals surface area contributed by atoms with Gasteiger partial charge in [-0.15, -0.1) is 0 Å². The summed E-state index contributed by atoms with van der Waals surface area (Å²) in [5.41, 5.74) is 2.18. The molecule has 2 aromatic carbocycles. The first kappa shape index (κ1) is 14.8. The van der Waals surface area contributed by atoms with E-state index in [9.17, 15) is 9.59 Å². The highest BCUT2D eigenvalue weighted by atomic mass is 16.5. The fourth-order valence-corrected chi connectivity index (χ4v) is 2.47. The Hall–Kier alpha value is -3.14. The molecule has 0 spiro atoms. The largest absolute Gasteiger partial charge is 0.463 e. The molecular formula is C19H14O4. The van der Waals surface area contributed by atoms with Gasteiger partial charge in [-0.25, -0.2) is 9.59 Å². The van der Waals surface area contributed by atoms with Crippen molar-refractivity contribution in [2.75, 3.05) is 7.11 Å². The van der Waals surface area contributed by atoms with Crippen molar-refractivity contribution >= 4 is 5.97 Å². The first-order valence-corrected chi connectivity index (χ1v) is 7.08. The van der Waals surface area contributed by atoms with Crippen molar-refractivity contribution in [3.8, 4) is 22.3 Å². The third kappa shape index (κ3) is 2.92. The van der Waals surface area contributed by atoms with Crippen LogP contribution < -0.4 is 5.63 Å². The van der Waals surface area contributed by atoms with Gasteiger partial charge in [-0.2, -0.15) is 0 Å². The van der Waals surface area contributed by atoms with Crippen LogP contribution in [0.4, 0.5) is 0 Å². The zero-order valence-electron chi connectivity index (χ0n) is 12.5. The second-order valence-electron chi connectivity index (χ2n) is 4.91. The lowest BCUT2D eigenvalue weighted by atomic mass is 9.94. The van der Waals surface area contributed by atoms with Gasteiger partial charge in [-0.05, 0) is 11.1 Å². The van der Waals surface area contributed by atoms with E-state index in [0.29, 0.717) is 11.1 Å². The number of carbonyl (C=O) groups excluding carboxylic acids is 1. The van der Waals surface area contributed by atoms with Crippen LogP contribution in [0.25, 0.3) is 22.3 Å². The van der Waals surface area contributed by atoms with Crippen molar-refractivity contribution in [3.63, 3.8) is 0 Å². The molecule has 0 aliphatic carbocycles. The van der Waals surface area contributed by atoms with E-state index in [1.165, 1.54) is 13.2 Å². The van der Waals surface area contributed by atoms with Crippen LogP contribution in [0.5, 0.6) is 0 Å². The first-order chi connectivity index (χ1) is 11.2. The summed E-state index contributed by atoms with van der Waals surface area (Å²) >= 11 is 0. The molecule has 23 heavy (non-hydrogen) atoms. The normalized spacial score (nSPS) is 10.3. The second kappa shape index (κ2) is 6.32. The van der Waals surface area contributed by atoms with Gasteiger partial charge < -0.3 is 9.15 Å². The molecule has 1 aromatic heterocycles. The lowest BCUT2D eigenvalue weighted by Crippen LogP contribution is -2.11. The van der Waals surface area contributed by atoms with E-state index in [-0.39, 0.29) is 5.76 Å². The highest BCUT2D eigenvalue weighted by molar-refractivity contribution is 5.99. The van der Waals surface area contributed by atoms with Crippen LogP contribution in [0.2, 0.25) is 0 Å².